The quantitative estimate of drug-likeness (QED) is 0.800. The van der Waals surface area contributed by atoms with E-state index in [0.29, 0.717) is 16.2 Å². The maximum Gasteiger partial charge on any atom is 0.337 e. The zero-order valence-corrected chi connectivity index (χ0v) is 14.2. The van der Waals surface area contributed by atoms with E-state index in [-0.39, 0.29) is 12.4 Å². The normalized spacial score (nSPS) is 18.9. The van der Waals surface area contributed by atoms with Crippen LogP contribution in [0, 0.1) is 6.92 Å². The molecule has 0 radical (unpaired) electrons. The summed E-state index contributed by atoms with van der Waals surface area (Å²) < 4.78 is 17.6. The number of hydrogen-bond acceptors (Lipinski definition) is 4. The van der Waals surface area contributed by atoms with Crippen LogP contribution in [0.5, 0.6) is 0 Å². The fourth-order valence-electron chi connectivity index (χ4n) is 2.33. The lowest BCUT2D eigenvalue weighted by Crippen LogP contribution is -2.52. The van der Waals surface area contributed by atoms with E-state index >= 15 is 0 Å². The van der Waals surface area contributed by atoms with Crippen molar-refractivity contribution in [2.75, 3.05) is 12.4 Å². The number of ether oxygens (including phenoxy) is 1. The molecule has 0 aromatic heterocycles. The summed E-state index contributed by atoms with van der Waals surface area (Å²) >= 11 is 0. The van der Waals surface area contributed by atoms with Gasteiger partial charge >= 0.3 is 12.0 Å². The van der Waals surface area contributed by atoms with E-state index in [1.807, 2.05) is 19.1 Å². The Morgan fingerprint density at radius 1 is 1.26 bits per heavy atom. The SMILES string of the molecule is CCOC(=O)C1=C(C)NC(=O)N[C@H]1CS(=O)c1ccc(C)cc1. The number of urea groups is 1. The molecule has 2 rings (SSSR count). The molecule has 23 heavy (non-hydrogen) atoms. The fourth-order valence-corrected chi connectivity index (χ4v) is 3.52. The van der Waals surface area contributed by atoms with Crippen molar-refractivity contribution in [1.29, 1.82) is 0 Å². The smallest absolute Gasteiger partial charge is 0.337 e. The summed E-state index contributed by atoms with van der Waals surface area (Å²) in [5, 5.41) is 5.20. The van der Waals surface area contributed by atoms with Gasteiger partial charge in [0.15, 0.2) is 0 Å². The van der Waals surface area contributed by atoms with Gasteiger partial charge in [0.2, 0.25) is 0 Å². The third-order valence-corrected chi connectivity index (χ3v) is 4.89. The van der Waals surface area contributed by atoms with Crippen LogP contribution in [-0.4, -0.2) is 34.6 Å². The maximum atomic E-state index is 12.5. The number of benzene rings is 1. The largest absolute Gasteiger partial charge is 0.463 e. The molecular formula is C16H20N2O4S. The van der Waals surface area contributed by atoms with Crippen LogP contribution in [0.3, 0.4) is 0 Å². The molecule has 2 atom stereocenters. The van der Waals surface area contributed by atoms with Crippen molar-refractivity contribution in [3.05, 3.63) is 41.1 Å². The van der Waals surface area contributed by atoms with Crippen LogP contribution in [0.1, 0.15) is 19.4 Å². The molecule has 2 N–H and O–H groups in total. The monoisotopic (exact) mass is 336 g/mol. The molecule has 0 saturated heterocycles. The second kappa shape index (κ2) is 7.41. The van der Waals surface area contributed by atoms with E-state index in [0.717, 1.165) is 5.56 Å². The Bertz CT molecular complexity index is 667. The van der Waals surface area contributed by atoms with Gasteiger partial charge in [0.25, 0.3) is 0 Å². The number of carbonyl (C=O) groups is 2. The molecule has 124 valence electrons. The minimum absolute atomic E-state index is 0.113. The van der Waals surface area contributed by atoms with Gasteiger partial charge in [0, 0.05) is 10.6 Å². The number of carbonyl (C=O) groups excluding carboxylic acids is 2. The molecule has 1 heterocycles. The van der Waals surface area contributed by atoms with Crippen LogP contribution in [0.15, 0.2) is 40.4 Å². The Morgan fingerprint density at radius 3 is 2.52 bits per heavy atom. The molecule has 7 heteroatoms. The Hall–Kier alpha value is -2.15. The number of rotatable bonds is 5. The Labute approximate surface area is 137 Å². The standard InChI is InChI=1S/C16H20N2O4S/c1-4-22-15(19)14-11(3)17-16(20)18-13(14)9-23(21)12-7-5-10(2)6-8-12/h5-8,13H,4,9H2,1-3H3,(H2,17,18,20)/t13-,23?/m0/s1. The van der Waals surface area contributed by atoms with Crippen LogP contribution in [-0.2, 0) is 20.3 Å². The molecule has 0 fully saturated rings. The number of aryl methyl sites for hydroxylation is 1. The van der Waals surface area contributed by atoms with Crippen molar-refractivity contribution in [3.8, 4) is 0 Å². The first-order valence-electron chi connectivity index (χ1n) is 7.32. The van der Waals surface area contributed by atoms with Crippen molar-refractivity contribution in [2.24, 2.45) is 0 Å². The molecule has 0 bridgehead atoms. The lowest BCUT2D eigenvalue weighted by Gasteiger charge is -2.27. The highest BCUT2D eigenvalue weighted by Crippen LogP contribution is 2.18. The molecule has 1 aromatic carbocycles. The maximum absolute atomic E-state index is 12.5. The Kier molecular flexibility index (Phi) is 5.54. The highest BCUT2D eigenvalue weighted by molar-refractivity contribution is 7.85. The number of allylic oxidation sites excluding steroid dienone is 1. The fraction of sp³-hybridized carbons (Fsp3) is 0.375. The van der Waals surface area contributed by atoms with E-state index in [1.54, 1.807) is 26.0 Å². The van der Waals surface area contributed by atoms with Gasteiger partial charge in [-0.1, -0.05) is 17.7 Å². The van der Waals surface area contributed by atoms with Crippen molar-refractivity contribution in [1.82, 2.24) is 10.6 Å². The third kappa shape index (κ3) is 4.19. The number of esters is 1. The summed E-state index contributed by atoms with van der Waals surface area (Å²) in [6.45, 7) is 5.52. The van der Waals surface area contributed by atoms with Gasteiger partial charge in [-0.05, 0) is 32.9 Å². The van der Waals surface area contributed by atoms with Crippen molar-refractivity contribution < 1.29 is 18.5 Å². The number of amides is 2. The minimum atomic E-state index is -1.34. The zero-order valence-electron chi connectivity index (χ0n) is 13.3. The second-order valence-corrected chi connectivity index (χ2v) is 6.73. The Balaban J connectivity index is 2.22. The first-order valence-corrected chi connectivity index (χ1v) is 8.64. The minimum Gasteiger partial charge on any atom is -0.463 e. The van der Waals surface area contributed by atoms with Crippen LogP contribution in [0.25, 0.3) is 0 Å². The molecule has 1 aliphatic heterocycles. The summed E-state index contributed by atoms with van der Waals surface area (Å²) in [6.07, 6.45) is 0. The third-order valence-electron chi connectivity index (χ3n) is 3.46. The van der Waals surface area contributed by atoms with Gasteiger partial charge in [-0.25, -0.2) is 9.59 Å². The van der Waals surface area contributed by atoms with E-state index in [9.17, 15) is 13.8 Å². The summed E-state index contributed by atoms with van der Waals surface area (Å²) in [5.74, 6) is -0.398. The van der Waals surface area contributed by atoms with E-state index in [1.165, 1.54) is 0 Å². The van der Waals surface area contributed by atoms with Gasteiger partial charge in [-0.3, -0.25) is 4.21 Å². The van der Waals surface area contributed by atoms with Crippen LogP contribution >= 0.6 is 0 Å². The molecule has 0 saturated carbocycles. The highest BCUT2D eigenvalue weighted by atomic mass is 32.2. The molecular weight excluding hydrogens is 316 g/mol. The Morgan fingerprint density at radius 2 is 1.91 bits per heavy atom. The lowest BCUT2D eigenvalue weighted by atomic mass is 10.1. The first-order chi connectivity index (χ1) is 10.9. The van der Waals surface area contributed by atoms with Crippen molar-refractivity contribution >= 4 is 22.8 Å². The van der Waals surface area contributed by atoms with Gasteiger partial charge in [-0.15, -0.1) is 0 Å². The molecule has 0 spiro atoms. The highest BCUT2D eigenvalue weighted by Gasteiger charge is 2.32. The first kappa shape index (κ1) is 17.2. The average Bonchev–Trinajstić information content (AvgIpc) is 2.47. The van der Waals surface area contributed by atoms with E-state index < -0.39 is 28.8 Å². The summed E-state index contributed by atoms with van der Waals surface area (Å²) in [7, 11) is -1.34. The molecule has 6 nitrogen and oxygen atoms in total. The molecule has 2 amide bonds. The second-order valence-electron chi connectivity index (χ2n) is 5.24. The molecule has 1 unspecified atom stereocenters. The van der Waals surface area contributed by atoms with E-state index in [2.05, 4.69) is 10.6 Å². The predicted molar refractivity (Wildman–Crippen MR) is 87.2 cm³/mol. The molecule has 1 aromatic rings. The van der Waals surface area contributed by atoms with Gasteiger partial charge in [0.1, 0.15) is 0 Å². The van der Waals surface area contributed by atoms with Gasteiger partial charge in [-0.2, -0.15) is 0 Å². The summed E-state index contributed by atoms with van der Waals surface area (Å²) in [6, 6.07) is 6.26. The average molecular weight is 336 g/mol. The molecule has 1 aliphatic rings. The van der Waals surface area contributed by atoms with E-state index in [4.69, 9.17) is 4.74 Å². The summed E-state index contributed by atoms with van der Waals surface area (Å²) in [4.78, 5) is 24.4. The molecule has 0 aliphatic carbocycles. The van der Waals surface area contributed by atoms with Crippen molar-refractivity contribution in [3.63, 3.8) is 0 Å². The zero-order chi connectivity index (χ0) is 17.0. The van der Waals surface area contributed by atoms with Crippen LogP contribution in [0.4, 0.5) is 4.79 Å². The number of nitrogens with one attached hydrogen (secondary N) is 2. The van der Waals surface area contributed by atoms with Gasteiger partial charge in [0.05, 0.1) is 34.8 Å². The topological polar surface area (TPSA) is 84.5 Å². The van der Waals surface area contributed by atoms with Crippen LogP contribution in [0.2, 0.25) is 0 Å². The van der Waals surface area contributed by atoms with Gasteiger partial charge < -0.3 is 15.4 Å². The lowest BCUT2D eigenvalue weighted by molar-refractivity contribution is -0.138. The number of hydrogen-bond donors (Lipinski definition) is 2. The van der Waals surface area contributed by atoms with Crippen molar-refractivity contribution in [2.45, 2.75) is 31.7 Å². The van der Waals surface area contributed by atoms with Crippen LogP contribution < -0.4 is 10.6 Å². The predicted octanol–water partition coefficient (Wildman–Crippen LogP) is 1.62. The summed E-state index contributed by atoms with van der Waals surface area (Å²) in [5.41, 5.74) is 1.81.